The summed E-state index contributed by atoms with van der Waals surface area (Å²) in [4.78, 5) is 10.4. The summed E-state index contributed by atoms with van der Waals surface area (Å²) in [6, 6.07) is 0.914. The molecule has 0 saturated carbocycles. The number of hydrogen-bond acceptors (Lipinski definition) is 6. The van der Waals surface area contributed by atoms with Crippen molar-refractivity contribution in [1.29, 1.82) is 0 Å². The molecule has 0 spiro atoms. The molecule has 0 aliphatic rings. The molecule has 0 bridgehead atoms. The van der Waals surface area contributed by atoms with Crippen LogP contribution in [0.25, 0.3) is 0 Å². The van der Waals surface area contributed by atoms with Gasteiger partial charge in [0.05, 0.1) is 4.92 Å². The highest BCUT2D eigenvalue weighted by Crippen LogP contribution is 2.37. The monoisotopic (exact) mass is 335 g/mol. The molecular formula is C12H21N3O4S2. The van der Waals surface area contributed by atoms with Crippen LogP contribution in [0.3, 0.4) is 0 Å². The number of nitrogens with one attached hydrogen (secondary N) is 2. The Bertz CT molecular complexity index is 596. The zero-order chi connectivity index (χ0) is 16.2. The first-order valence-corrected chi connectivity index (χ1v) is 9.07. The van der Waals surface area contributed by atoms with Crippen molar-refractivity contribution in [2.45, 2.75) is 44.4 Å². The minimum Gasteiger partial charge on any atom is -0.372 e. The molecule has 0 saturated heterocycles. The van der Waals surface area contributed by atoms with Gasteiger partial charge in [-0.3, -0.25) is 10.1 Å². The Morgan fingerprint density at radius 2 is 2.00 bits per heavy atom. The van der Waals surface area contributed by atoms with Crippen molar-refractivity contribution in [3.05, 3.63) is 16.2 Å². The zero-order valence-corrected chi connectivity index (χ0v) is 14.2. The second kappa shape index (κ2) is 7.19. The van der Waals surface area contributed by atoms with Crippen LogP contribution in [-0.4, -0.2) is 25.9 Å². The lowest BCUT2D eigenvalue weighted by molar-refractivity contribution is -0.383. The van der Waals surface area contributed by atoms with E-state index in [0.717, 1.165) is 17.4 Å². The number of sulfonamides is 1. The van der Waals surface area contributed by atoms with Crippen LogP contribution in [0.1, 0.15) is 34.1 Å². The van der Waals surface area contributed by atoms with Crippen LogP contribution in [0.15, 0.2) is 10.3 Å². The Morgan fingerprint density at radius 3 is 2.43 bits per heavy atom. The second-order valence-electron chi connectivity index (χ2n) is 4.95. The van der Waals surface area contributed by atoms with Crippen LogP contribution in [0.5, 0.6) is 0 Å². The minimum absolute atomic E-state index is 0.0377. The van der Waals surface area contributed by atoms with Gasteiger partial charge in [-0.1, -0.05) is 32.1 Å². The fraction of sp³-hybridized carbons (Fsp3) is 0.667. The quantitative estimate of drug-likeness (QED) is 0.562. The molecule has 0 aliphatic heterocycles. The number of nitro groups is 1. The van der Waals surface area contributed by atoms with Crippen LogP contribution < -0.4 is 10.0 Å². The smallest absolute Gasteiger partial charge is 0.304 e. The summed E-state index contributed by atoms with van der Waals surface area (Å²) in [6.45, 7) is 8.03. The van der Waals surface area contributed by atoms with Gasteiger partial charge in [0.15, 0.2) is 5.00 Å². The fourth-order valence-electron chi connectivity index (χ4n) is 1.86. The Labute approximate surface area is 129 Å². The Balaban J connectivity index is 3.14. The molecule has 1 aromatic heterocycles. The van der Waals surface area contributed by atoms with Gasteiger partial charge in [0, 0.05) is 18.7 Å². The first-order chi connectivity index (χ1) is 9.72. The normalized spacial score (nSPS) is 13.4. The van der Waals surface area contributed by atoms with E-state index in [1.54, 1.807) is 6.92 Å². The molecule has 120 valence electrons. The predicted octanol–water partition coefficient (Wildman–Crippen LogP) is 2.80. The van der Waals surface area contributed by atoms with Gasteiger partial charge >= 0.3 is 5.69 Å². The average molecular weight is 335 g/mol. The minimum atomic E-state index is -3.75. The van der Waals surface area contributed by atoms with Crippen LogP contribution in [0.2, 0.25) is 0 Å². The van der Waals surface area contributed by atoms with Crippen molar-refractivity contribution in [1.82, 2.24) is 4.72 Å². The molecular weight excluding hydrogens is 314 g/mol. The molecule has 1 heterocycles. The van der Waals surface area contributed by atoms with Gasteiger partial charge in [-0.15, -0.1) is 0 Å². The molecule has 9 heteroatoms. The van der Waals surface area contributed by atoms with E-state index in [9.17, 15) is 18.5 Å². The third-order valence-electron chi connectivity index (χ3n) is 3.04. The summed E-state index contributed by atoms with van der Waals surface area (Å²) in [7, 11) is -3.75. The fourth-order valence-corrected chi connectivity index (χ4v) is 4.74. The molecule has 1 rings (SSSR count). The Hall–Kier alpha value is -1.19. The number of nitrogens with zero attached hydrogens (tertiary/aromatic N) is 1. The molecule has 1 atom stereocenters. The molecule has 0 aromatic carbocycles. The first kappa shape index (κ1) is 17.9. The highest BCUT2D eigenvalue weighted by atomic mass is 32.2. The standard InChI is InChI=1S/C12H21N3O4S2/c1-5-9(8(3)4)14-21(18,19)11-7-10(15(16)17)12(20-11)13-6-2/h7-9,13-14H,5-6H2,1-4H3. The topological polar surface area (TPSA) is 101 Å². The van der Waals surface area contributed by atoms with Gasteiger partial charge in [-0.2, -0.15) is 0 Å². The third-order valence-corrected chi connectivity index (χ3v) is 6.09. The largest absolute Gasteiger partial charge is 0.372 e. The summed E-state index contributed by atoms with van der Waals surface area (Å²) in [5.74, 6) is 0.146. The van der Waals surface area contributed by atoms with Crippen LogP contribution in [0.4, 0.5) is 10.7 Å². The molecule has 1 unspecified atom stereocenters. The molecule has 0 amide bonds. The van der Waals surface area contributed by atoms with Crippen molar-refractivity contribution in [3.63, 3.8) is 0 Å². The van der Waals surface area contributed by atoms with Crippen molar-refractivity contribution < 1.29 is 13.3 Å². The molecule has 0 fully saturated rings. The Kier molecular flexibility index (Phi) is 6.11. The van der Waals surface area contributed by atoms with E-state index >= 15 is 0 Å². The summed E-state index contributed by atoms with van der Waals surface area (Å²) >= 11 is 0.880. The predicted molar refractivity (Wildman–Crippen MR) is 84.4 cm³/mol. The molecule has 0 radical (unpaired) electrons. The maximum atomic E-state index is 12.3. The van der Waals surface area contributed by atoms with Crippen molar-refractivity contribution in [3.8, 4) is 0 Å². The van der Waals surface area contributed by atoms with Gasteiger partial charge in [0.1, 0.15) is 4.21 Å². The number of hydrogen-bond donors (Lipinski definition) is 2. The third kappa shape index (κ3) is 4.39. The summed E-state index contributed by atoms with van der Waals surface area (Å²) in [5.41, 5.74) is -0.208. The Morgan fingerprint density at radius 1 is 1.38 bits per heavy atom. The summed E-state index contributed by atoms with van der Waals surface area (Å²) in [6.07, 6.45) is 0.657. The number of rotatable bonds is 8. The van der Waals surface area contributed by atoms with E-state index < -0.39 is 14.9 Å². The van der Waals surface area contributed by atoms with Gasteiger partial charge in [0.2, 0.25) is 0 Å². The van der Waals surface area contributed by atoms with Crippen molar-refractivity contribution in [2.24, 2.45) is 5.92 Å². The van der Waals surface area contributed by atoms with Crippen molar-refractivity contribution in [2.75, 3.05) is 11.9 Å². The van der Waals surface area contributed by atoms with Crippen molar-refractivity contribution >= 4 is 32.0 Å². The molecule has 7 nitrogen and oxygen atoms in total. The highest BCUT2D eigenvalue weighted by molar-refractivity contribution is 7.91. The lowest BCUT2D eigenvalue weighted by atomic mass is 10.0. The maximum Gasteiger partial charge on any atom is 0.304 e. The van der Waals surface area contributed by atoms with E-state index in [1.165, 1.54) is 0 Å². The highest BCUT2D eigenvalue weighted by Gasteiger charge is 2.28. The summed E-state index contributed by atoms with van der Waals surface area (Å²) < 4.78 is 27.3. The van der Waals surface area contributed by atoms with Gasteiger partial charge < -0.3 is 5.32 Å². The van der Waals surface area contributed by atoms with E-state index in [2.05, 4.69) is 10.0 Å². The summed E-state index contributed by atoms with van der Waals surface area (Å²) in [5, 5.41) is 14.1. The van der Waals surface area contributed by atoms with Gasteiger partial charge in [-0.05, 0) is 19.3 Å². The molecule has 0 aliphatic carbocycles. The lowest BCUT2D eigenvalue weighted by Gasteiger charge is -2.19. The van der Waals surface area contributed by atoms with E-state index in [4.69, 9.17) is 0 Å². The number of anilines is 1. The SMILES string of the molecule is CCNc1sc(S(=O)(=O)NC(CC)C(C)C)cc1[N+](=O)[O-]. The van der Waals surface area contributed by atoms with Crippen LogP contribution in [0, 0.1) is 16.0 Å². The zero-order valence-electron chi connectivity index (χ0n) is 12.5. The second-order valence-corrected chi connectivity index (χ2v) is 7.94. The molecule has 2 N–H and O–H groups in total. The number of thiophene rings is 1. The van der Waals surface area contributed by atoms with E-state index in [-0.39, 0.29) is 26.9 Å². The van der Waals surface area contributed by atoms with Gasteiger partial charge in [0.25, 0.3) is 10.0 Å². The lowest BCUT2D eigenvalue weighted by Crippen LogP contribution is -2.37. The first-order valence-electron chi connectivity index (χ1n) is 6.77. The van der Waals surface area contributed by atoms with Crippen LogP contribution in [-0.2, 0) is 10.0 Å². The van der Waals surface area contributed by atoms with E-state index in [0.29, 0.717) is 13.0 Å². The van der Waals surface area contributed by atoms with Gasteiger partial charge in [-0.25, -0.2) is 13.1 Å². The van der Waals surface area contributed by atoms with Crippen LogP contribution >= 0.6 is 11.3 Å². The molecule has 21 heavy (non-hydrogen) atoms. The molecule has 1 aromatic rings. The van der Waals surface area contributed by atoms with E-state index in [1.807, 2.05) is 20.8 Å². The maximum absolute atomic E-state index is 12.3. The average Bonchev–Trinajstić information content (AvgIpc) is 2.81.